The summed E-state index contributed by atoms with van der Waals surface area (Å²) < 4.78 is 0. The lowest BCUT2D eigenvalue weighted by molar-refractivity contribution is 0.140. The van der Waals surface area contributed by atoms with Gasteiger partial charge in [0.1, 0.15) is 0 Å². The maximum atomic E-state index is 3.37. The van der Waals surface area contributed by atoms with Gasteiger partial charge < -0.3 is 5.32 Å². The highest BCUT2D eigenvalue weighted by molar-refractivity contribution is 5.01. The molecule has 2 heteroatoms. The van der Waals surface area contributed by atoms with Crippen molar-refractivity contribution in [3.05, 3.63) is 0 Å². The van der Waals surface area contributed by atoms with E-state index in [-0.39, 0.29) is 0 Å². The van der Waals surface area contributed by atoms with Crippen LogP contribution in [0, 0.1) is 0 Å². The number of piperidine rings is 1. The molecule has 1 saturated heterocycles. The van der Waals surface area contributed by atoms with Gasteiger partial charge in [-0.25, -0.2) is 0 Å². The Kier molecular flexibility index (Phi) is 2.13. The average molecular weight is 168 g/mol. The van der Waals surface area contributed by atoms with Crippen LogP contribution in [-0.2, 0) is 0 Å². The summed E-state index contributed by atoms with van der Waals surface area (Å²) in [5, 5.41) is 3.37. The van der Waals surface area contributed by atoms with E-state index in [9.17, 15) is 0 Å². The fourth-order valence-corrected chi connectivity index (χ4v) is 2.21. The van der Waals surface area contributed by atoms with Crippen LogP contribution in [0.15, 0.2) is 0 Å². The third-order valence-electron chi connectivity index (χ3n) is 3.64. The normalized spacial score (nSPS) is 30.5. The second-order valence-corrected chi connectivity index (χ2v) is 4.55. The average Bonchev–Trinajstić information content (AvgIpc) is 2.85. The molecular weight excluding hydrogens is 148 g/mol. The van der Waals surface area contributed by atoms with Crippen LogP contribution in [0.4, 0.5) is 0 Å². The second kappa shape index (κ2) is 3.00. The number of likely N-dealkylation sites (tertiary alicyclic amines) is 1. The van der Waals surface area contributed by atoms with Gasteiger partial charge in [-0.05, 0) is 39.7 Å². The van der Waals surface area contributed by atoms with Gasteiger partial charge in [-0.15, -0.1) is 0 Å². The van der Waals surface area contributed by atoms with Gasteiger partial charge in [0.15, 0.2) is 0 Å². The first-order valence-electron chi connectivity index (χ1n) is 5.17. The maximum absolute atomic E-state index is 3.37. The number of nitrogens with zero attached hydrogens (tertiary/aromatic N) is 1. The summed E-state index contributed by atoms with van der Waals surface area (Å²) >= 11 is 0. The topological polar surface area (TPSA) is 15.3 Å². The molecule has 1 heterocycles. The number of nitrogens with one attached hydrogen (secondary N) is 1. The van der Waals surface area contributed by atoms with E-state index in [0.717, 1.165) is 6.04 Å². The zero-order valence-electron chi connectivity index (χ0n) is 8.27. The van der Waals surface area contributed by atoms with E-state index in [1.807, 2.05) is 0 Å². The van der Waals surface area contributed by atoms with Crippen molar-refractivity contribution < 1.29 is 0 Å². The first-order valence-corrected chi connectivity index (χ1v) is 5.17. The molecule has 0 bridgehead atoms. The summed E-state index contributed by atoms with van der Waals surface area (Å²) in [4.78, 5) is 2.68. The Bertz CT molecular complexity index is 155. The molecule has 2 aliphatic rings. The highest BCUT2D eigenvalue weighted by Gasteiger charge is 2.43. The molecule has 2 rings (SSSR count). The van der Waals surface area contributed by atoms with E-state index in [4.69, 9.17) is 0 Å². The molecule has 0 aromatic rings. The van der Waals surface area contributed by atoms with Crippen LogP contribution >= 0.6 is 0 Å². The molecule has 0 aromatic carbocycles. The molecule has 2 fully saturated rings. The molecule has 0 radical (unpaired) electrons. The molecule has 0 amide bonds. The Morgan fingerprint density at radius 1 is 1.25 bits per heavy atom. The molecule has 1 N–H and O–H groups in total. The van der Waals surface area contributed by atoms with Crippen molar-refractivity contribution >= 4 is 0 Å². The first-order chi connectivity index (χ1) is 5.74. The highest BCUT2D eigenvalue weighted by Crippen LogP contribution is 2.42. The lowest BCUT2D eigenvalue weighted by Crippen LogP contribution is -2.46. The molecule has 0 unspecified atom stereocenters. The van der Waals surface area contributed by atoms with E-state index in [1.165, 1.54) is 38.8 Å². The molecule has 2 nitrogen and oxygen atoms in total. The van der Waals surface area contributed by atoms with Crippen LogP contribution < -0.4 is 5.32 Å². The molecular formula is C10H20N2. The zero-order valence-corrected chi connectivity index (χ0v) is 8.27. The maximum Gasteiger partial charge on any atom is 0.0182 e. The predicted molar refractivity (Wildman–Crippen MR) is 51.3 cm³/mol. The van der Waals surface area contributed by atoms with Crippen LogP contribution in [0.25, 0.3) is 0 Å². The van der Waals surface area contributed by atoms with Crippen LogP contribution in [0.1, 0.15) is 32.6 Å². The zero-order chi connectivity index (χ0) is 8.60. The van der Waals surface area contributed by atoms with Gasteiger partial charge >= 0.3 is 0 Å². The summed E-state index contributed by atoms with van der Waals surface area (Å²) in [5.41, 5.74) is 0.610. The number of hydrogen-bond acceptors (Lipinski definition) is 2. The molecule has 0 atom stereocenters. The molecule has 1 aliphatic carbocycles. The van der Waals surface area contributed by atoms with Crippen molar-refractivity contribution in [3.8, 4) is 0 Å². The van der Waals surface area contributed by atoms with E-state index in [0.29, 0.717) is 5.54 Å². The predicted octanol–water partition coefficient (Wildman–Crippen LogP) is 1.22. The van der Waals surface area contributed by atoms with Crippen molar-refractivity contribution in [1.29, 1.82) is 0 Å². The summed E-state index contributed by atoms with van der Waals surface area (Å²) in [7, 11) is 2.08. The van der Waals surface area contributed by atoms with Gasteiger partial charge in [-0.1, -0.05) is 0 Å². The minimum atomic E-state index is 0.610. The Balaban J connectivity index is 1.82. The van der Waals surface area contributed by atoms with Crippen LogP contribution in [0.3, 0.4) is 0 Å². The third-order valence-corrected chi connectivity index (χ3v) is 3.64. The Labute approximate surface area is 75.3 Å². The standard InChI is InChI=1S/C10H20N2/c1-10(5-6-10)12-7-3-9(11-2)4-8-12/h9,11H,3-8H2,1-2H3. The Morgan fingerprint density at radius 3 is 2.25 bits per heavy atom. The lowest BCUT2D eigenvalue weighted by Gasteiger charge is -2.36. The van der Waals surface area contributed by atoms with Crippen molar-refractivity contribution in [3.63, 3.8) is 0 Å². The van der Waals surface area contributed by atoms with Crippen molar-refractivity contribution in [1.82, 2.24) is 10.2 Å². The van der Waals surface area contributed by atoms with Crippen LogP contribution in [0.2, 0.25) is 0 Å². The molecule has 0 aromatic heterocycles. The summed E-state index contributed by atoms with van der Waals surface area (Å²) in [6.07, 6.45) is 5.53. The molecule has 1 aliphatic heterocycles. The van der Waals surface area contributed by atoms with Crippen molar-refractivity contribution in [2.24, 2.45) is 0 Å². The molecule has 1 saturated carbocycles. The van der Waals surface area contributed by atoms with E-state index in [1.54, 1.807) is 0 Å². The SMILES string of the molecule is CNC1CCN(C2(C)CC2)CC1. The lowest BCUT2D eigenvalue weighted by atomic mass is 10.0. The Morgan fingerprint density at radius 2 is 1.83 bits per heavy atom. The van der Waals surface area contributed by atoms with Gasteiger partial charge in [-0.2, -0.15) is 0 Å². The minimum Gasteiger partial charge on any atom is -0.317 e. The largest absolute Gasteiger partial charge is 0.317 e. The molecule has 12 heavy (non-hydrogen) atoms. The van der Waals surface area contributed by atoms with Gasteiger partial charge in [0.05, 0.1) is 0 Å². The van der Waals surface area contributed by atoms with Gasteiger partial charge in [-0.3, -0.25) is 4.90 Å². The smallest absolute Gasteiger partial charge is 0.0182 e. The van der Waals surface area contributed by atoms with E-state index >= 15 is 0 Å². The minimum absolute atomic E-state index is 0.610. The van der Waals surface area contributed by atoms with Crippen molar-refractivity contribution in [2.75, 3.05) is 20.1 Å². The first kappa shape index (κ1) is 8.52. The summed E-state index contributed by atoms with van der Waals surface area (Å²) in [5.74, 6) is 0. The number of rotatable bonds is 2. The van der Waals surface area contributed by atoms with E-state index < -0.39 is 0 Å². The molecule has 70 valence electrons. The fraction of sp³-hybridized carbons (Fsp3) is 1.00. The quantitative estimate of drug-likeness (QED) is 0.667. The van der Waals surface area contributed by atoms with Gasteiger partial charge in [0, 0.05) is 24.7 Å². The van der Waals surface area contributed by atoms with Gasteiger partial charge in [0.2, 0.25) is 0 Å². The fourth-order valence-electron chi connectivity index (χ4n) is 2.21. The van der Waals surface area contributed by atoms with E-state index in [2.05, 4.69) is 24.2 Å². The summed E-state index contributed by atoms with van der Waals surface area (Å²) in [6.45, 7) is 5.02. The highest BCUT2D eigenvalue weighted by atomic mass is 15.2. The number of hydrogen-bond donors (Lipinski definition) is 1. The Hall–Kier alpha value is -0.0800. The van der Waals surface area contributed by atoms with Gasteiger partial charge in [0.25, 0.3) is 0 Å². The monoisotopic (exact) mass is 168 g/mol. The molecule has 0 spiro atoms. The summed E-state index contributed by atoms with van der Waals surface area (Å²) in [6, 6.07) is 0.781. The van der Waals surface area contributed by atoms with Crippen molar-refractivity contribution in [2.45, 2.75) is 44.2 Å². The second-order valence-electron chi connectivity index (χ2n) is 4.55. The third kappa shape index (κ3) is 1.50. The van der Waals surface area contributed by atoms with Crippen LogP contribution in [-0.4, -0.2) is 36.6 Å². The van der Waals surface area contributed by atoms with Crippen LogP contribution in [0.5, 0.6) is 0 Å².